The van der Waals surface area contributed by atoms with E-state index in [0.29, 0.717) is 31.6 Å². The van der Waals surface area contributed by atoms with Gasteiger partial charge in [-0.25, -0.2) is 22.0 Å². The first-order valence-electron chi connectivity index (χ1n) is 14.5. The first kappa shape index (κ1) is 29.7. The minimum Gasteiger partial charge on any atom is -0.487 e. The number of likely N-dealkylation sites (tertiary alicyclic amines) is 1. The lowest BCUT2D eigenvalue weighted by Gasteiger charge is -2.44. The van der Waals surface area contributed by atoms with E-state index in [2.05, 4.69) is 11.1 Å². The molecular formula is C34H32F2N2O5S. The average Bonchev–Trinajstić information content (AvgIpc) is 3.01. The molecule has 2 aliphatic heterocycles. The Bertz CT molecular complexity index is 1760. The van der Waals surface area contributed by atoms with Crippen LogP contribution in [0.3, 0.4) is 0 Å². The summed E-state index contributed by atoms with van der Waals surface area (Å²) < 4.78 is 64.1. The Hall–Kier alpha value is -4.31. The van der Waals surface area contributed by atoms with Gasteiger partial charge in [-0.2, -0.15) is 0 Å². The monoisotopic (exact) mass is 618 g/mol. The molecule has 1 spiro atoms. The Morgan fingerprint density at radius 2 is 1.68 bits per heavy atom. The van der Waals surface area contributed by atoms with Gasteiger partial charge < -0.3 is 14.4 Å². The summed E-state index contributed by atoms with van der Waals surface area (Å²) in [6.07, 6.45) is 4.02. The molecule has 3 heterocycles. The second-order valence-electron chi connectivity index (χ2n) is 11.4. The molecule has 1 saturated heterocycles. The van der Waals surface area contributed by atoms with Crippen molar-refractivity contribution in [2.75, 3.05) is 13.1 Å². The number of hydrogen-bond acceptors (Lipinski definition) is 6. The van der Waals surface area contributed by atoms with Crippen LogP contribution in [0, 0.1) is 11.6 Å². The summed E-state index contributed by atoms with van der Waals surface area (Å²) in [5.41, 5.74) is 4.15. The predicted molar refractivity (Wildman–Crippen MR) is 161 cm³/mol. The first-order chi connectivity index (χ1) is 21.2. The Kier molecular flexibility index (Phi) is 8.35. The quantitative estimate of drug-likeness (QED) is 0.231. The van der Waals surface area contributed by atoms with Crippen LogP contribution in [0.1, 0.15) is 41.6 Å². The molecule has 0 radical (unpaired) electrons. The van der Waals surface area contributed by atoms with Crippen molar-refractivity contribution in [3.05, 3.63) is 119 Å². The van der Waals surface area contributed by atoms with Crippen LogP contribution in [0.15, 0.2) is 85.1 Å². The van der Waals surface area contributed by atoms with Crippen molar-refractivity contribution >= 4 is 15.9 Å². The van der Waals surface area contributed by atoms with Crippen LogP contribution in [0.5, 0.6) is 5.75 Å². The molecule has 1 aromatic heterocycles. The van der Waals surface area contributed by atoms with E-state index in [1.54, 1.807) is 29.3 Å². The topological polar surface area (TPSA) is 85.8 Å². The first-order valence-corrected chi connectivity index (χ1v) is 16.4. The van der Waals surface area contributed by atoms with E-state index in [-0.39, 0.29) is 29.3 Å². The molecular weight excluding hydrogens is 586 g/mol. The van der Waals surface area contributed by atoms with Crippen molar-refractivity contribution in [3.8, 4) is 16.9 Å². The fraction of sp³-hybridized carbons (Fsp3) is 0.294. The molecule has 44 heavy (non-hydrogen) atoms. The lowest BCUT2D eigenvalue weighted by atomic mass is 9.82. The molecule has 2 aliphatic rings. The molecule has 0 N–H and O–H groups in total. The highest BCUT2D eigenvalue weighted by Crippen LogP contribution is 2.41. The second kappa shape index (κ2) is 12.4. The maximum absolute atomic E-state index is 13.9. The second-order valence-corrected chi connectivity index (χ2v) is 13.5. The molecule has 6 rings (SSSR count). The number of amides is 1. The third-order valence-electron chi connectivity index (χ3n) is 8.30. The molecule has 0 atom stereocenters. The maximum Gasteiger partial charge on any atom is 0.410 e. The third-order valence-corrected chi connectivity index (χ3v) is 9.81. The van der Waals surface area contributed by atoms with E-state index in [9.17, 15) is 22.0 Å². The molecule has 1 fully saturated rings. The normalized spacial score (nSPS) is 15.8. The maximum atomic E-state index is 13.9. The number of aryl methyl sites for hydroxylation is 1. The highest BCUT2D eigenvalue weighted by atomic mass is 32.2. The lowest BCUT2D eigenvalue weighted by Crippen LogP contribution is -2.51. The van der Waals surface area contributed by atoms with Crippen LogP contribution in [0.2, 0.25) is 0 Å². The molecule has 7 nitrogen and oxygen atoms in total. The summed E-state index contributed by atoms with van der Waals surface area (Å²) >= 11 is 0. The average molecular weight is 619 g/mol. The molecule has 3 aromatic carbocycles. The molecule has 0 aliphatic carbocycles. The summed E-state index contributed by atoms with van der Waals surface area (Å²) in [7, 11) is -3.35. The molecule has 0 unspecified atom stereocenters. The van der Waals surface area contributed by atoms with Crippen LogP contribution in [0.4, 0.5) is 13.6 Å². The molecule has 10 heteroatoms. The SMILES string of the molecule is O=C(OCc1ccc(F)cc1F)N1CCC2(CCc3cc(-c4ccc(CS(=O)(=O)Cc5ccccn5)cc4)ccc3O2)CC1. The fourth-order valence-electron chi connectivity index (χ4n) is 5.83. The van der Waals surface area contributed by atoms with E-state index < -0.39 is 27.6 Å². The molecule has 4 aromatic rings. The third kappa shape index (κ3) is 6.91. The number of carbonyl (C=O) groups excluding carboxylic acids is 1. The lowest BCUT2D eigenvalue weighted by molar-refractivity contribution is -0.0151. The number of nitrogens with zero attached hydrogens (tertiary/aromatic N) is 2. The van der Waals surface area contributed by atoms with Gasteiger partial charge in [0.2, 0.25) is 0 Å². The van der Waals surface area contributed by atoms with Gasteiger partial charge in [-0.1, -0.05) is 36.4 Å². The van der Waals surface area contributed by atoms with Crippen molar-refractivity contribution < 1.29 is 31.5 Å². The zero-order valence-electron chi connectivity index (χ0n) is 24.0. The number of benzene rings is 3. The van der Waals surface area contributed by atoms with E-state index in [0.717, 1.165) is 53.0 Å². The summed E-state index contributed by atoms with van der Waals surface area (Å²) in [5, 5.41) is 0. The smallest absolute Gasteiger partial charge is 0.410 e. The molecule has 1 amide bonds. The van der Waals surface area contributed by atoms with Gasteiger partial charge in [-0.05, 0) is 71.5 Å². The number of piperidine rings is 1. The zero-order chi connectivity index (χ0) is 30.7. The summed E-state index contributed by atoms with van der Waals surface area (Å²) in [6.45, 7) is 0.663. The predicted octanol–water partition coefficient (Wildman–Crippen LogP) is 6.64. The number of fused-ring (bicyclic) bond motifs is 1. The van der Waals surface area contributed by atoms with Crippen LogP contribution < -0.4 is 4.74 Å². The minimum absolute atomic E-state index is 0.0497. The van der Waals surface area contributed by atoms with Crippen LogP contribution >= 0.6 is 0 Å². The van der Waals surface area contributed by atoms with Crippen molar-refractivity contribution in [1.82, 2.24) is 9.88 Å². The van der Waals surface area contributed by atoms with Gasteiger partial charge in [0.15, 0.2) is 9.84 Å². The number of rotatable bonds is 7. The number of hydrogen-bond donors (Lipinski definition) is 0. The van der Waals surface area contributed by atoms with Gasteiger partial charge in [-0.15, -0.1) is 0 Å². The largest absolute Gasteiger partial charge is 0.487 e. The van der Waals surface area contributed by atoms with Crippen molar-refractivity contribution in [2.24, 2.45) is 0 Å². The number of ether oxygens (including phenoxy) is 2. The van der Waals surface area contributed by atoms with Gasteiger partial charge in [0, 0.05) is 43.8 Å². The number of aromatic nitrogens is 1. The van der Waals surface area contributed by atoms with Gasteiger partial charge in [0.25, 0.3) is 0 Å². The number of carbonyl (C=O) groups is 1. The van der Waals surface area contributed by atoms with E-state index >= 15 is 0 Å². The van der Waals surface area contributed by atoms with E-state index in [1.165, 1.54) is 6.07 Å². The number of sulfone groups is 1. The summed E-state index contributed by atoms with van der Waals surface area (Å²) in [6, 6.07) is 22.1. The molecule has 0 bridgehead atoms. The fourth-order valence-corrected chi connectivity index (χ4v) is 7.25. The van der Waals surface area contributed by atoms with Gasteiger partial charge in [0.1, 0.15) is 29.6 Å². The van der Waals surface area contributed by atoms with E-state index in [4.69, 9.17) is 9.47 Å². The summed E-state index contributed by atoms with van der Waals surface area (Å²) in [4.78, 5) is 18.3. The van der Waals surface area contributed by atoms with Gasteiger partial charge in [0.05, 0.1) is 17.2 Å². The minimum atomic E-state index is -3.35. The van der Waals surface area contributed by atoms with Crippen LogP contribution in [-0.2, 0) is 39.1 Å². The van der Waals surface area contributed by atoms with Crippen molar-refractivity contribution in [2.45, 2.75) is 49.4 Å². The highest BCUT2D eigenvalue weighted by molar-refractivity contribution is 7.89. The standard InChI is InChI=1S/C34H32F2N2O5S/c35-29-10-8-28(31(36)20-29)21-42-33(39)38-17-14-34(15-18-38)13-12-27-19-26(9-11-32(27)43-34)25-6-4-24(5-7-25)22-44(40,41)23-30-3-1-2-16-37-30/h1-11,16,19-20H,12-15,17-18,21-23H2. The van der Waals surface area contributed by atoms with Gasteiger partial charge in [-0.3, -0.25) is 4.98 Å². The number of halogens is 2. The Morgan fingerprint density at radius 3 is 2.41 bits per heavy atom. The van der Waals surface area contributed by atoms with Crippen LogP contribution in [0.25, 0.3) is 11.1 Å². The Balaban J connectivity index is 1.03. The zero-order valence-corrected chi connectivity index (χ0v) is 24.9. The Morgan fingerprint density at radius 1 is 0.909 bits per heavy atom. The van der Waals surface area contributed by atoms with Crippen LogP contribution in [-0.4, -0.2) is 43.1 Å². The number of pyridine rings is 1. The van der Waals surface area contributed by atoms with Crippen molar-refractivity contribution in [1.29, 1.82) is 0 Å². The highest BCUT2D eigenvalue weighted by Gasteiger charge is 2.40. The molecule has 0 saturated carbocycles. The van der Waals surface area contributed by atoms with E-state index in [1.807, 2.05) is 36.4 Å². The summed E-state index contributed by atoms with van der Waals surface area (Å²) in [5.74, 6) is -0.733. The Labute approximate surface area is 255 Å². The van der Waals surface area contributed by atoms with Crippen molar-refractivity contribution in [3.63, 3.8) is 0 Å². The molecule has 228 valence electrons. The van der Waals surface area contributed by atoms with Gasteiger partial charge >= 0.3 is 6.09 Å².